The SMILES string of the molecule is Cc1nnc(C(C)NC2CCOC2C)s1. The van der Waals surface area contributed by atoms with E-state index in [-0.39, 0.29) is 6.04 Å². The van der Waals surface area contributed by atoms with Gasteiger partial charge in [-0.05, 0) is 27.2 Å². The van der Waals surface area contributed by atoms with Crippen molar-refractivity contribution in [2.24, 2.45) is 0 Å². The average Bonchev–Trinajstić information content (AvgIpc) is 2.77. The van der Waals surface area contributed by atoms with E-state index in [0.29, 0.717) is 12.1 Å². The topological polar surface area (TPSA) is 47.0 Å². The molecule has 84 valence electrons. The number of aryl methyl sites for hydroxylation is 1. The van der Waals surface area contributed by atoms with Gasteiger partial charge in [-0.2, -0.15) is 0 Å². The summed E-state index contributed by atoms with van der Waals surface area (Å²) in [5.74, 6) is 0. The monoisotopic (exact) mass is 227 g/mol. The first-order chi connectivity index (χ1) is 7.16. The van der Waals surface area contributed by atoms with Crippen molar-refractivity contribution in [3.8, 4) is 0 Å². The molecule has 1 saturated heterocycles. The molecule has 3 unspecified atom stereocenters. The Balaban J connectivity index is 1.94. The highest BCUT2D eigenvalue weighted by atomic mass is 32.1. The predicted octanol–water partition coefficient (Wildman–Crippen LogP) is 1.67. The summed E-state index contributed by atoms with van der Waals surface area (Å²) in [6.07, 6.45) is 1.39. The maximum absolute atomic E-state index is 5.51. The van der Waals surface area contributed by atoms with E-state index in [9.17, 15) is 0 Å². The average molecular weight is 227 g/mol. The van der Waals surface area contributed by atoms with Crippen molar-refractivity contribution < 1.29 is 4.74 Å². The second-order valence-corrected chi connectivity index (χ2v) is 5.23. The minimum absolute atomic E-state index is 0.269. The quantitative estimate of drug-likeness (QED) is 0.853. The molecule has 0 aliphatic carbocycles. The summed E-state index contributed by atoms with van der Waals surface area (Å²) in [6.45, 7) is 7.09. The highest BCUT2D eigenvalue weighted by molar-refractivity contribution is 7.11. The lowest BCUT2D eigenvalue weighted by molar-refractivity contribution is 0.111. The molecule has 0 bridgehead atoms. The lowest BCUT2D eigenvalue weighted by atomic mass is 10.1. The fraction of sp³-hybridized carbons (Fsp3) is 0.800. The van der Waals surface area contributed by atoms with Crippen LogP contribution in [-0.2, 0) is 4.74 Å². The summed E-state index contributed by atoms with van der Waals surface area (Å²) >= 11 is 1.65. The van der Waals surface area contributed by atoms with Crippen LogP contribution in [0.1, 0.15) is 36.3 Å². The number of hydrogen-bond donors (Lipinski definition) is 1. The van der Waals surface area contributed by atoms with Crippen LogP contribution in [-0.4, -0.2) is 29.0 Å². The van der Waals surface area contributed by atoms with Gasteiger partial charge in [0.15, 0.2) is 0 Å². The number of nitrogens with one attached hydrogen (secondary N) is 1. The van der Waals surface area contributed by atoms with E-state index in [1.165, 1.54) is 0 Å². The summed E-state index contributed by atoms with van der Waals surface area (Å²) in [6, 6.07) is 0.717. The lowest BCUT2D eigenvalue weighted by Crippen LogP contribution is -2.36. The van der Waals surface area contributed by atoms with E-state index in [4.69, 9.17) is 4.74 Å². The van der Waals surface area contributed by atoms with Crippen molar-refractivity contribution in [3.63, 3.8) is 0 Å². The van der Waals surface area contributed by atoms with Gasteiger partial charge in [0.05, 0.1) is 12.1 Å². The van der Waals surface area contributed by atoms with Crippen LogP contribution < -0.4 is 5.32 Å². The standard InChI is InChI=1S/C10H17N3OS/c1-6(10-13-12-8(3)15-10)11-9-4-5-14-7(9)2/h6-7,9,11H,4-5H2,1-3H3. The Bertz CT molecular complexity index is 328. The fourth-order valence-electron chi connectivity index (χ4n) is 1.83. The molecule has 0 aromatic carbocycles. The van der Waals surface area contributed by atoms with Crippen LogP contribution in [0.5, 0.6) is 0 Å². The van der Waals surface area contributed by atoms with Gasteiger partial charge in [-0.1, -0.05) is 0 Å². The Morgan fingerprint density at radius 3 is 2.87 bits per heavy atom. The zero-order valence-corrected chi connectivity index (χ0v) is 10.2. The molecule has 0 radical (unpaired) electrons. The molecule has 2 heterocycles. The lowest BCUT2D eigenvalue weighted by Gasteiger charge is -2.19. The van der Waals surface area contributed by atoms with Gasteiger partial charge in [-0.3, -0.25) is 0 Å². The minimum atomic E-state index is 0.269. The minimum Gasteiger partial charge on any atom is -0.377 e. The third-order valence-electron chi connectivity index (χ3n) is 2.75. The van der Waals surface area contributed by atoms with Gasteiger partial charge in [-0.25, -0.2) is 0 Å². The first kappa shape index (κ1) is 11.0. The van der Waals surface area contributed by atoms with Crippen LogP contribution in [0.3, 0.4) is 0 Å². The molecule has 1 aromatic heterocycles. The number of nitrogens with zero attached hydrogens (tertiary/aromatic N) is 2. The van der Waals surface area contributed by atoms with E-state index in [2.05, 4.69) is 29.4 Å². The Hall–Kier alpha value is -0.520. The zero-order chi connectivity index (χ0) is 10.8. The van der Waals surface area contributed by atoms with Crippen LogP contribution in [0.4, 0.5) is 0 Å². The number of hydrogen-bond acceptors (Lipinski definition) is 5. The summed E-state index contributed by atoms with van der Waals surface area (Å²) in [7, 11) is 0. The van der Waals surface area contributed by atoms with Crippen LogP contribution >= 0.6 is 11.3 Å². The van der Waals surface area contributed by atoms with E-state index >= 15 is 0 Å². The highest BCUT2D eigenvalue weighted by Gasteiger charge is 2.26. The molecule has 1 aromatic rings. The number of aromatic nitrogens is 2. The van der Waals surface area contributed by atoms with E-state index in [0.717, 1.165) is 23.0 Å². The molecule has 1 N–H and O–H groups in total. The molecule has 1 aliphatic heterocycles. The maximum atomic E-state index is 5.51. The molecule has 2 rings (SSSR count). The first-order valence-corrected chi connectivity index (χ1v) is 6.16. The molecule has 0 spiro atoms. The Labute approximate surface area is 94.1 Å². The van der Waals surface area contributed by atoms with Crippen molar-refractivity contribution in [3.05, 3.63) is 10.0 Å². The van der Waals surface area contributed by atoms with E-state index < -0.39 is 0 Å². The molecule has 0 amide bonds. The van der Waals surface area contributed by atoms with Crippen LogP contribution in [0, 0.1) is 6.92 Å². The molecular weight excluding hydrogens is 210 g/mol. The highest BCUT2D eigenvalue weighted by Crippen LogP contribution is 2.21. The summed E-state index contributed by atoms with van der Waals surface area (Å²) in [4.78, 5) is 0. The molecular formula is C10H17N3OS. The van der Waals surface area contributed by atoms with E-state index in [1.807, 2.05) is 6.92 Å². The van der Waals surface area contributed by atoms with Crippen molar-refractivity contribution in [2.75, 3.05) is 6.61 Å². The molecule has 5 heteroatoms. The summed E-state index contributed by atoms with van der Waals surface area (Å²) in [5, 5.41) is 13.8. The normalized spacial score (nSPS) is 28.2. The first-order valence-electron chi connectivity index (χ1n) is 5.34. The predicted molar refractivity (Wildman–Crippen MR) is 60.0 cm³/mol. The summed E-state index contributed by atoms with van der Waals surface area (Å²) < 4.78 is 5.51. The fourth-order valence-corrected chi connectivity index (χ4v) is 2.54. The van der Waals surface area contributed by atoms with Gasteiger partial charge in [0, 0.05) is 12.6 Å². The Morgan fingerprint density at radius 1 is 1.53 bits per heavy atom. The molecule has 4 nitrogen and oxygen atoms in total. The van der Waals surface area contributed by atoms with Crippen molar-refractivity contribution >= 4 is 11.3 Å². The van der Waals surface area contributed by atoms with Crippen molar-refractivity contribution in [1.82, 2.24) is 15.5 Å². The van der Waals surface area contributed by atoms with Gasteiger partial charge in [-0.15, -0.1) is 21.5 Å². The molecule has 15 heavy (non-hydrogen) atoms. The van der Waals surface area contributed by atoms with Crippen LogP contribution in [0.2, 0.25) is 0 Å². The molecule has 0 saturated carbocycles. The van der Waals surface area contributed by atoms with Gasteiger partial charge in [0.1, 0.15) is 10.0 Å². The second-order valence-electron chi connectivity index (χ2n) is 4.02. The Morgan fingerprint density at radius 2 is 2.33 bits per heavy atom. The van der Waals surface area contributed by atoms with E-state index in [1.54, 1.807) is 11.3 Å². The molecule has 1 aliphatic rings. The van der Waals surface area contributed by atoms with Gasteiger partial charge < -0.3 is 10.1 Å². The Kier molecular flexibility index (Phi) is 3.33. The largest absolute Gasteiger partial charge is 0.377 e. The van der Waals surface area contributed by atoms with Crippen LogP contribution in [0.25, 0.3) is 0 Å². The van der Waals surface area contributed by atoms with Crippen molar-refractivity contribution in [2.45, 2.75) is 45.4 Å². The van der Waals surface area contributed by atoms with Gasteiger partial charge in [0.25, 0.3) is 0 Å². The van der Waals surface area contributed by atoms with Crippen molar-refractivity contribution in [1.29, 1.82) is 0 Å². The summed E-state index contributed by atoms with van der Waals surface area (Å²) in [5.41, 5.74) is 0. The third-order valence-corrected chi connectivity index (χ3v) is 3.77. The maximum Gasteiger partial charge on any atom is 0.134 e. The second kappa shape index (κ2) is 4.55. The third kappa shape index (κ3) is 2.53. The van der Waals surface area contributed by atoms with Gasteiger partial charge >= 0.3 is 0 Å². The molecule has 3 atom stereocenters. The van der Waals surface area contributed by atoms with Gasteiger partial charge in [0.2, 0.25) is 0 Å². The zero-order valence-electron chi connectivity index (χ0n) is 9.36. The number of ether oxygens (including phenoxy) is 1. The van der Waals surface area contributed by atoms with Crippen LogP contribution in [0.15, 0.2) is 0 Å². The smallest absolute Gasteiger partial charge is 0.134 e. The number of rotatable bonds is 3. The molecule has 1 fully saturated rings.